The van der Waals surface area contributed by atoms with Crippen LogP contribution in [-0.2, 0) is 21.2 Å². The van der Waals surface area contributed by atoms with E-state index in [4.69, 9.17) is 0 Å². The first-order chi connectivity index (χ1) is 13.1. The Bertz CT molecular complexity index is 1230. The summed E-state index contributed by atoms with van der Waals surface area (Å²) in [5.74, 6) is 0. The molecule has 0 saturated carbocycles. The molecule has 0 unspecified atom stereocenters. The summed E-state index contributed by atoms with van der Waals surface area (Å²) in [4.78, 5) is 15.7. The maximum atomic E-state index is 13.4. The van der Waals surface area contributed by atoms with E-state index >= 15 is 0 Å². The Kier molecular flexibility index (Phi) is 4.33. The number of pyridine rings is 1. The second kappa shape index (κ2) is 6.81. The van der Waals surface area contributed by atoms with Gasteiger partial charge in [-0.15, -0.1) is 0 Å². The SMILES string of the molecule is O=CCc1cccnc1-c1cc2ccccc2n1S(=O)(=O)c1ccccc1. The molecule has 5 nitrogen and oxygen atoms in total. The molecule has 2 aromatic heterocycles. The summed E-state index contributed by atoms with van der Waals surface area (Å²) in [6, 6.07) is 20.9. The molecule has 0 aliphatic rings. The number of carbonyl (C=O) groups excluding carboxylic acids is 1. The average molecular weight is 376 g/mol. The summed E-state index contributed by atoms with van der Waals surface area (Å²) in [6.07, 6.45) is 2.55. The molecule has 2 heterocycles. The van der Waals surface area contributed by atoms with E-state index < -0.39 is 10.0 Å². The lowest BCUT2D eigenvalue weighted by Crippen LogP contribution is -2.14. The van der Waals surface area contributed by atoms with Gasteiger partial charge in [-0.1, -0.05) is 42.5 Å². The number of aldehydes is 1. The number of carbonyl (C=O) groups is 1. The minimum atomic E-state index is -3.84. The van der Waals surface area contributed by atoms with Crippen LogP contribution in [-0.4, -0.2) is 23.7 Å². The molecule has 0 N–H and O–H groups in total. The highest BCUT2D eigenvalue weighted by molar-refractivity contribution is 7.90. The number of para-hydroxylation sites is 1. The highest BCUT2D eigenvalue weighted by atomic mass is 32.2. The zero-order chi connectivity index (χ0) is 18.9. The molecule has 0 fully saturated rings. The molecular weight excluding hydrogens is 360 g/mol. The first-order valence-electron chi connectivity index (χ1n) is 8.42. The van der Waals surface area contributed by atoms with Crippen LogP contribution >= 0.6 is 0 Å². The number of hydrogen-bond donors (Lipinski definition) is 0. The van der Waals surface area contributed by atoms with Gasteiger partial charge in [0.1, 0.15) is 6.29 Å². The first-order valence-corrected chi connectivity index (χ1v) is 9.86. The molecule has 4 aromatic rings. The number of hydrogen-bond acceptors (Lipinski definition) is 4. The smallest absolute Gasteiger partial charge is 0.268 e. The molecule has 2 aromatic carbocycles. The molecule has 27 heavy (non-hydrogen) atoms. The topological polar surface area (TPSA) is 69.0 Å². The Morgan fingerprint density at radius 2 is 1.67 bits per heavy atom. The molecular formula is C21H16N2O3S. The van der Waals surface area contributed by atoms with Crippen molar-refractivity contribution in [2.45, 2.75) is 11.3 Å². The monoisotopic (exact) mass is 376 g/mol. The van der Waals surface area contributed by atoms with Crippen molar-refractivity contribution in [3.63, 3.8) is 0 Å². The van der Waals surface area contributed by atoms with E-state index in [1.165, 1.54) is 3.97 Å². The molecule has 4 rings (SSSR count). The third-order valence-corrected chi connectivity index (χ3v) is 6.13. The van der Waals surface area contributed by atoms with E-state index in [0.717, 1.165) is 11.7 Å². The number of benzene rings is 2. The van der Waals surface area contributed by atoms with Crippen LogP contribution in [0, 0.1) is 0 Å². The summed E-state index contributed by atoms with van der Waals surface area (Å²) in [5, 5.41) is 0.787. The van der Waals surface area contributed by atoms with Crippen LogP contribution in [0.25, 0.3) is 22.3 Å². The van der Waals surface area contributed by atoms with Crippen LogP contribution < -0.4 is 0 Å². The van der Waals surface area contributed by atoms with Gasteiger partial charge in [-0.25, -0.2) is 12.4 Å². The average Bonchev–Trinajstić information content (AvgIpc) is 3.09. The lowest BCUT2D eigenvalue weighted by atomic mass is 10.1. The fraction of sp³-hybridized carbons (Fsp3) is 0.0476. The predicted molar refractivity (Wildman–Crippen MR) is 104 cm³/mol. The molecule has 6 heteroatoms. The number of fused-ring (bicyclic) bond motifs is 1. The van der Waals surface area contributed by atoms with E-state index in [1.807, 2.05) is 12.1 Å². The quantitative estimate of drug-likeness (QED) is 0.498. The van der Waals surface area contributed by atoms with E-state index in [9.17, 15) is 13.2 Å². The van der Waals surface area contributed by atoms with Gasteiger partial charge >= 0.3 is 0 Å². The molecule has 0 spiro atoms. The molecule has 134 valence electrons. The summed E-state index contributed by atoms with van der Waals surface area (Å²) in [5.41, 5.74) is 2.18. The second-order valence-electron chi connectivity index (χ2n) is 6.05. The van der Waals surface area contributed by atoms with Crippen molar-refractivity contribution < 1.29 is 13.2 Å². The van der Waals surface area contributed by atoms with E-state index in [0.29, 0.717) is 22.5 Å². The summed E-state index contributed by atoms with van der Waals surface area (Å²) in [7, 11) is -3.84. The minimum Gasteiger partial charge on any atom is -0.303 e. The second-order valence-corrected chi connectivity index (χ2v) is 7.84. The lowest BCUT2D eigenvalue weighted by Gasteiger charge is -2.13. The molecule has 0 aliphatic heterocycles. The van der Waals surface area contributed by atoms with Gasteiger partial charge in [-0.2, -0.15) is 0 Å². The van der Waals surface area contributed by atoms with Crippen molar-refractivity contribution in [1.29, 1.82) is 0 Å². The third-order valence-electron chi connectivity index (χ3n) is 4.39. The van der Waals surface area contributed by atoms with Gasteiger partial charge in [0.15, 0.2) is 0 Å². The van der Waals surface area contributed by atoms with Gasteiger partial charge in [0.2, 0.25) is 0 Å². The van der Waals surface area contributed by atoms with Crippen LogP contribution in [0.5, 0.6) is 0 Å². The van der Waals surface area contributed by atoms with Gasteiger partial charge in [-0.05, 0) is 35.9 Å². The zero-order valence-electron chi connectivity index (χ0n) is 14.3. The third kappa shape index (κ3) is 2.94. The molecule has 0 atom stereocenters. The van der Waals surface area contributed by atoms with Gasteiger partial charge in [0, 0.05) is 18.0 Å². The minimum absolute atomic E-state index is 0.163. The molecule has 0 saturated heterocycles. The van der Waals surface area contributed by atoms with Crippen molar-refractivity contribution in [2.75, 3.05) is 0 Å². The number of nitrogens with zero attached hydrogens (tertiary/aromatic N) is 2. The van der Waals surface area contributed by atoms with Crippen LogP contribution in [0.4, 0.5) is 0 Å². The molecule has 0 radical (unpaired) electrons. The standard InChI is InChI=1S/C21H16N2O3S/c24-14-12-16-8-6-13-22-21(16)20-15-17-7-4-5-11-19(17)23(20)27(25,26)18-9-2-1-3-10-18/h1-11,13-15H,12H2. The first kappa shape index (κ1) is 17.2. The van der Waals surface area contributed by atoms with Gasteiger partial charge < -0.3 is 4.79 Å². The maximum Gasteiger partial charge on any atom is 0.268 e. The summed E-state index contributed by atoms with van der Waals surface area (Å²) >= 11 is 0. The fourth-order valence-electron chi connectivity index (χ4n) is 3.18. The molecule has 0 amide bonds. The summed E-state index contributed by atoms with van der Waals surface area (Å²) in [6.45, 7) is 0. The lowest BCUT2D eigenvalue weighted by molar-refractivity contribution is -0.107. The maximum absolute atomic E-state index is 13.4. The number of rotatable bonds is 5. The van der Waals surface area contributed by atoms with E-state index in [1.54, 1.807) is 66.9 Å². The number of aromatic nitrogens is 2. The van der Waals surface area contributed by atoms with Crippen LogP contribution in [0.3, 0.4) is 0 Å². The molecule has 0 aliphatic carbocycles. The van der Waals surface area contributed by atoms with Crippen LogP contribution in [0.15, 0.2) is 83.9 Å². The van der Waals surface area contributed by atoms with Crippen LogP contribution in [0.1, 0.15) is 5.56 Å². The fourth-order valence-corrected chi connectivity index (χ4v) is 4.71. The van der Waals surface area contributed by atoms with Gasteiger partial charge in [0.05, 0.1) is 21.8 Å². The zero-order valence-corrected chi connectivity index (χ0v) is 15.1. The Morgan fingerprint density at radius 1 is 0.926 bits per heavy atom. The van der Waals surface area contributed by atoms with Crippen molar-refractivity contribution in [1.82, 2.24) is 8.96 Å². The van der Waals surface area contributed by atoms with Gasteiger partial charge in [0.25, 0.3) is 10.0 Å². The van der Waals surface area contributed by atoms with Crippen molar-refractivity contribution in [2.24, 2.45) is 0 Å². The van der Waals surface area contributed by atoms with Crippen LogP contribution in [0.2, 0.25) is 0 Å². The Hall–Kier alpha value is -3.25. The predicted octanol–water partition coefficient (Wildman–Crippen LogP) is 3.68. The van der Waals surface area contributed by atoms with Gasteiger partial charge in [-0.3, -0.25) is 4.98 Å². The van der Waals surface area contributed by atoms with E-state index in [-0.39, 0.29) is 11.3 Å². The molecule has 0 bridgehead atoms. The Labute approximate surface area is 157 Å². The largest absolute Gasteiger partial charge is 0.303 e. The van der Waals surface area contributed by atoms with Crippen molar-refractivity contribution in [3.8, 4) is 11.4 Å². The normalized spacial score (nSPS) is 11.6. The van der Waals surface area contributed by atoms with E-state index in [2.05, 4.69) is 4.98 Å². The Balaban J connectivity index is 2.07. The highest BCUT2D eigenvalue weighted by Crippen LogP contribution is 2.32. The highest BCUT2D eigenvalue weighted by Gasteiger charge is 2.25. The van der Waals surface area contributed by atoms with Crippen molar-refractivity contribution in [3.05, 3.63) is 84.6 Å². The van der Waals surface area contributed by atoms with Crippen molar-refractivity contribution >= 4 is 27.2 Å². The summed E-state index contributed by atoms with van der Waals surface area (Å²) < 4.78 is 28.2. The Morgan fingerprint density at radius 3 is 2.44 bits per heavy atom.